The van der Waals surface area contributed by atoms with Crippen LogP contribution in [0.4, 0.5) is 0 Å². The molecule has 0 radical (unpaired) electrons. The molecule has 0 N–H and O–H groups in total. The molecule has 29 heavy (non-hydrogen) atoms. The first kappa shape index (κ1) is 22.9. The Bertz CT molecular complexity index is 887. The highest BCUT2D eigenvalue weighted by atomic mass is 32.2. The van der Waals surface area contributed by atoms with Crippen molar-refractivity contribution in [2.75, 3.05) is 12.0 Å². The quantitative estimate of drug-likeness (QED) is 0.451. The van der Waals surface area contributed by atoms with Gasteiger partial charge in [0.15, 0.2) is 33.6 Å². The van der Waals surface area contributed by atoms with Crippen molar-refractivity contribution in [2.45, 2.75) is 49.4 Å². The molecule has 0 aliphatic carbocycles. The van der Waals surface area contributed by atoms with Crippen molar-refractivity contribution in [1.82, 2.24) is 4.98 Å². The van der Waals surface area contributed by atoms with Gasteiger partial charge in [-0.2, -0.15) is 0 Å². The molecule has 2 rings (SSSR count). The van der Waals surface area contributed by atoms with Crippen LogP contribution in [0, 0.1) is 0 Å². The molecular weight excluding hydrogens is 426 g/mol. The molecule has 1 aliphatic heterocycles. The van der Waals surface area contributed by atoms with Crippen LogP contribution in [-0.4, -0.2) is 67.1 Å². The summed E-state index contributed by atoms with van der Waals surface area (Å²) in [5.74, 6) is -1.59. The molecule has 160 valence electrons. The highest BCUT2D eigenvalue weighted by molar-refractivity contribution is 7.99. The lowest BCUT2D eigenvalue weighted by Gasteiger charge is -2.39. The lowest BCUT2D eigenvalue weighted by atomic mass is 10.1. The van der Waals surface area contributed by atoms with E-state index >= 15 is 0 Å². The van der Waals surface area contributed by atoms with E-state index in [1.54, 1.807) is 0 Å². The summed E-state index contributed by atoms with van der Waals surface area (Å²) in [6, 6.07) is 1.28. The fourth-order valence-corrected chi connectivity index (χ4v) is 4.41. The zero-order valence-electron chi connectivity index (χ0n) is 16.2. The first-order valence-corrected chi connectivity index (χ1v) is 11.4. The monoisotopic (exact) mass is 447 g/mol. The summed E-state index contributed by atoms with van der Waals surface area (Å²) in [4.78, 5) is 38.4. The molecule has 1 saturated heterocycles. The third-order valence-corrected chi connectivity index (χ3v) is 5.97. The number of aromatic nitrogens is 1. The molecule has 10 nitrogen and oxygen atoms in total. The molecule has 1 fully saturated rings. The topological polar surface area (TPSA) is 135 Å². The third kappa shape index (κ3) is 6.60. The van der Waals surface area contributed by atoms with E-state index in [4.69, 9.17) is 18.9 Å². The van der Waals surface area contributed by atoms with E-state index in [0.717, 1.165) is 18.0 Å². The lowest BCUT2D eigenvalue weighted by Crippen LogP contribution is -2.55. The summed E-state index contributed by atoms with van der Waals surface area (Å²) in [6.45, 7) is 3.56. The van der Waals surface area contributed by atoms with Crippen molar-refractivity contribution in [3.05, 3.63) is 18.5 Å². The summed E-state index contributed by atoms with van der Waals surface area (Å²) in [7, 11) is -3.51. The number of rotatable bonds is 6. The molecule has 4 atom stereocenters. The van der Waals surface area contributed by atoms with Gasteiger partial charge in [0.2, 0.25) is 0 Å². The average Bonchev–Trinajstić information content (AvgIpc) is 2.58. The first-order valence-electron chi connectivity index (χ1n) is 8.42. The van der Waals surface area contributed by atoms with Gasteiger partial charge >= 0.3 is 17.9 Å². The van der Waals surface area contributed by atoms with Crippen molar-refractivity contribution in [3.63, 3.8) is 0 Å². The summed E-state index contributed by atoms with van der Waals surface area (Å²) < 4.78 is 45.0. The van der Waals surface area contributed by atoms with Gasteiger partial charge in [-0.1, -0.05) is 0 Å². The van der Waals surface area contributed by atoms with Crippen molar-refractivity contribution < 1.29 is 41.7 Å². The van der Waals surface area contributed by atoms with E-state index in [2.05, 4.69) is 4.98 Å². The predicted octanol–water partition coefficient (Wildman–Crippen LogP) is 0.732. The lowest BCUT2D eigenvalue weighted by molar-refractivity contribution is -0.186. The van der Waals surface area contributed by atoms with Crippen LogP contribution in [-0.2, 0) is 38.4 Å². The average molecular weight is 447 g/mol. The van der Waals surface area contributed by atoms with Gasteiger partial charge in [-0.15, -0.1) is 11.8 Å². The summed E-state index contributed by atoms with van der Waals surface area (Å²) in [5.41, 5.74) is -0.869. The molecular formula is C17H21NO9S2. The second-order valence-electron chi connectivity index (χ2n) is 6.24. The fourth-order valence-electron chi connectivity index (χ4n) is 2.61. The normalized spacial score (nSPS) is 24.3. The Hall–Kier alpha value is -2.34. The molecule has 0 spiro atoms. The van der Waals surface area contributed by atoms with Gasteiger partial charge in [0, 0.05) is 45.0 Å². The highest BCUT2D eigenvalue weighted by Gasteiger charge is 2.47. The van der Waals surface area contributed by atoms with E-state index in [1.165, 1.54) is 39.2 Å². The Morgan fingerprint density at radius 3 is 2.14 bits per heavy atom. The Balaban J connectivity index is 2.33. The summed E-state index contributed by atoms with van der Waals surface area (Å²) in [5, 5.41) is 0. The number of hydrogen-bond donors (Lipinski definition) is 0. The molecule has 0 saturated carbocycles. The van der Waals surface area contributed by atoms with Crippen molar-refractivity contribution in [2.24, 2.45) is 0 Å². The van der Waals surface area contributed by atoms with Crippen LogP contribution < -0.4 is 4.74 Å². The van der Waals surface area contributed by atoms with Crippen LogP contribution in [0.1, 0.15) is 20.8 Å². The Morgan fingerprint density at radius 2 is 1.59 bits per heavy atom. The van der Waals surface area contributed by atoms with Gasteiger partial charge in [-0.25, -0.2) is 8.42 Å². The highest BCUT2D eigenvalue weighted by Crippen LogP contribution is 2.34. The number of sulfone groups is 1. The van der Waals surface area contributed by atoms with Crippen LogP contribution in [0.15, 0.2) is 23.4 Å². The molecule has 0 amide bonds. The minimum absolute atomic E-state index is 0.0471. The maximum atomic E-state index is 11.7. The van der Waals surface area contributed by atoms with Crippen LogP contribution >= 0.6 is 11.8 Å². The standard InChI is InChI=1S/C17H21NO9S2/c1-9(19)24-14-8-28-17(16(26-11(3)21)15(14)25-10(2)20)27-12-5-13(7-18-6-12)29(4,22)23/h5-7,14-17H,8H2,1-4H3/t14-,15+,16-,17+/m1/s1. The SMILES string of the molecule is CC(=O)O[C@@H]1[C@@H](OC(C)=O)[C@@H](Oc2cncc(S(C)(=O)=O)c2)SC[C@H]1OC(C)=O. The Kier molecular flexibility index (Phi) is 7.47. The molecule has 2 heterocycles. The molecule has 1 aromatic rings. The first-order chi connectivity index (χ1) is 13.5. The zero-order chi connectivity index (χ0) is 21.8. The van der Waals surface area contributed by atoms with Gasteiger partial charge in [-0.05, 0) is 0 Å². The second kappa shape index (κ2) is 9.44. The number of esters is 3. The number of carbonyl (C=O) groups is 3. The van der Waals surface area contributed by atoms with Crippen molar-refractivity contribution in [3.8, 4) is 5.75 Å². The Labute approximate surface area is 172 Å². The van der Waals surface area contributed by atoms with E-state index in [9.17, 15) is 22.8 Å². The number of carbonyl (C=O) groups excluding carboxylic acids is 3. The van der Waals surface area contributed by atoms with Crippen LogP contribution in [0.2, 0.25) is 0 Å². The second-order valence-corrected chi connectivity index (χ2v) is 9.39. The van der Waals surface area contributed by atoms with Gasteiger partial charge in [0.1, 0.15) is 5.75 Å². The van der Waals surface area contributed by atoms with E-state index < -0.39 is 51.5 Å². The number of pyridine rings is 1. The van der Waals surface area contributed by atoms with Crippen molar-refractivity contribution in [1.29, 1.82) is 0 Å². The van der Waals surface area contributed by atoms with Gasteiger partial charge in [-0.3, -0.25) is 19.4 Å². The molecule has 0 aromatic carbocycles. The fraction of sp³-hybridized carbons (Fsp3) is 0.529. The van der Waals surface area contributed by atoms with E-state index in [1.807, 2.05) is 0 Å². The number of hydrogen-bond acceptors (Lipinski definition) is 11. The summed E-state index contributed by atoms with van der Waals surface area (Å²) in [6.07, 6.45) is 0.452. The van der Waals surface area contributed by atoms with Gasteiger partial charge in [0.05, 0.1) is 11.1 Å². The number of nitrogens with zero attached hydrogens (tertiary/aromatic N) is 1. The molecule has 1 aliphatic rings. The van der Waals surface area contributed by atoms with Crippen LogP contribution in [0.5, 0.6) is 5.75 Å². The van der Waals surface area contributed by atoms with Crippen LogP contribution in [0.3, 0.4) is 0 Å². The van der Waals surface area contributed by atoms with E-state index in [-0.39, 0.29) is 16.4 Å². The van der Waals surface area contributed by atoms with Gasteiger partial charge < -0.3 is 18.9 Å². The largest absolute Gasteiger partial charge is 0.474 e. The zero-order valence-corrected chi connectivity index (χ0v) is 17.8. The van der Waals surface area contributed by atoms with Crippen molar-refractivity contribution >= 4 is 39.5 Å². The Morgan fingerprint density at radius 1 is 1.00 bits per heavy atom. The number of ether oxygens (including phenoxy) is 4. The van der Waals surface area contributed by atoms with Gasteiger partial charge in [0.25, 0.3) is 0 Å². The number of thioether (sulfide) groups is 1. The molecule has 12 heteroatoms. The smallest absolute Gasteiger partial charge is 0.303 e. The maximum Gasteiger partial charge on any atom is 0.303 e. The molecule has 0 unspecified atom stereocenters. The minimum atomic E-state index is -3.51. The van der Waals surface area contributed by atoms with Crippen LogP contribution in [0.25, 0.3) is 0 Å². The summed E-state index contributed by atoms with van der Waals surface area (Å²) >= 11 is 1.16. The minimum Gasteiger partial charge on any atom is -0.474 e. The molecule has 0 bridgehead atoms. The third-order valence-electron chi connectivity index (χ3n) is 3.67. The molecule has 1 aromatic heterocycles. The van der Waals surface area contributed by atoms with E-state index in [0.29, 0.717) is 0 Å². The predicted molar refractivity (Wildman–Crippen MR) is 101 cm³/mol. The maximum absolute atomic E-state index is 11.7.